The summed E-state index contributed by atoms with van der Waals surface area (Å²) < 4.78 is 14.3. The lowest BCUT2D eigenvalue weighted by Crippen LogP contribution is -2.18. The van der Waals surface area contributed by atoms with E-state index in [2.05, 4.69) is 26.5 Å². The largest absolute Gasteiger partial charge is 0.271 e. The molecule has 0 aliphatic rings. The van der Waals surface area contributed by atoms with Crippen LogP contribution in [-0.2, 0) is 0 Å². The number of hydrazone groups is 1. The van der Waals surface area contributed by atoms with Crippen molar-refractivity contribution in [3.63, 3.8) is 0 Å². The predicted octanol–water partition coefficient (Wildman–Crippen LogP) is 4.41. The van der Waals surface area contributed by atoms with Gasteiger partial charge in [0.15, 0.2) is 0 Å². The van der Waals surface area contributed by atoms with Gasteiger partial charge in [0.05, 0.1) is 5.71 Å². The SMILES string of the molecule is CC(/C=C/c1ccccc1F)=N\NC(=O)c1ccc(Br)cc1. The monoisotopic (exact) mass is 360 g/mol. The Bertz CT molecular complexity index is 724. The van der Waals surface area contributed by atoms with Crippen LogP contribution in [0.4, 0.5) is 4.39 Å². The van der Waals surface area contributed by atoms with Crippen LogP contribution < -0.4 is 5.43 Å². The Labute approximate surface area is 136 Å². The average Bonchev–Trinajstić information content (AvgIpc) is 2.52. The highest BCUT2D eigenvalue weighted by molar-refractivity contribution is 9.10. The van der Waals surface area contributed by atoms with Crippen LogP contribution in [0.1, 0.15) is 22.8 Å². The number of hydrogen-bond donors (Lipinski definition) is 1. The van der Waals surface area contributed by atoms with Crippen molar-refractivity contribution in [1.82, 2.24) is 5.43 Å². The second-order valence-electron chi connectivity index (χ2n) is 4.56. The van der Waals surface area contributed by atoms with E-state index in [1.165, 1.54) is 6.07 Å². The molecule has 0 saturated heterocycles. The van der Waals surface area contributed by atoms with Crippen molar-refractivity contribution in [2.45, 2.75) is 6.92 Å². The van der Waals surface area contributed by atoms with Crippen LogP contribution >= 0.6 is 15.9 Å². The third-order valence-electron chi connectivity index (χ3n) is 2.85. The number of nitrogens with one attached hydrogen (secondary N) is 1. The summed E-state index contributed by atoms with van der Waals surface area (Å²) in [6, 6.07) is 13.4. The number of carbonyl (C=O) groups excluding carboxylic acids is 1. The van der Waals surface area contributed by atoms with Crippen molar-refractivity contribution < 1.29 is 9.18 Å². The van der Waals surface area contributed by atoms with E-state index in [1.807, 2.05) is 0 Å². The molecule has 3 nitrogen and oxygen atoms in total. The summed E-state index contributed by atoms with van der Waals surface area (Å²) in [6.07, 6.45) is 3.25. The molecule has 22 heavy (non-hydrogen) atoms. The van der Waals surface area contributed by atoms with Gasteiger partial charge in [0.2, 0.25) is 0 Å². The maximum Gasteiger partial charge on any atom is 0.271 e. The fraction of sp³-hybridized carbons (Fsp3) is 0.0588. The molecule has 0 radical (unpaired) electrons. The van der Waals surface area contributed by atoms with Gasteiger partial charge < -0.3 is 0 Å². The molecule has 1 amide bonds. The minimum absolute atomic E-state index is 0.300. The van der Waals surface area contributed by atoms with Crippen LogP contribution in [0.3, 0.4) is 0 Å². The average molecular weight is 361 g/mol. The van der Waals surface area contributed by atoms with Gasteiger partial charge in [0.25, 0.3) is 5.91 Å². The molecule has 0 unspecified atom stereocenters. The van der Waals surface area contributed by atoms with E-state index in [-0.39, 0.29) is 11.7 Å². The molecule has 1 N–H and O–H groups in total. The van der Waals surface area contributed by atoms with E-state index in [0.29, 0.717) is 16.8 Å². The lowest BCUT2D eigenvalue weighted by atomic mass is 10.2. The van der Waals surface area contributed by atoms with E-state index in [9.17, 15) is 9.18 Å². The Balaban J connectivity index is 1.99. The number of nitrogens with zero attached hydrogens (tertiary/aromatic N) is 1. The van der Waals surface area contributed by atoms with Crippen molar-refractivity contribution in [3.8, 4) is 0 Å². The van der Waals surface area contributed by atoms with Gasteiger partial charge in [-0.1, -0.05) is 40.2 Å². The summed E-state index contributed by atoms with van der Waals surface area (Å²) in [7, 11) is 0. The first-order valence-corrected chi connectivity index (χ1v) is 7.38. The third-order valence-corrected chi connectivity index (χ3v) is 3.38. The summed E-state index contributed by atoms with van der Waals surface area (Å²) >= 11 is 3.31. The van der Waals surface area contributed by atoms with Gasteiger partial charge >= 0.3 is 0 Å². The van der Waals surface area contributed by atoms with Gasteiger partial charge in [0, 0.05) is 15.6 Å². The standard InChI is InChI=1S/C17H14BrFN2O/c1-12(6-7-13-4-2-3-5-16(13)19)20-21-17(22)14-8-10-15(18)11-9-14/h2-11H,1H3,(H,21,22)/b7-6+,20-12+. The van der Waals surface area contributed by atoms with E-state index in [0.717, 1.165) is 4.47 Å². The third kappa shape index (κ3) is 4.63. The van der Waals surface area contributed by atoms with Gasteiger partial charge in [-0.15, -0.1) is 0 Å². The van der Waals surface area contributed by atoms with Crippen LogP contribution in [0, 0.1) is 5.82 Å². The summed E-state index contributed by atoms with van der Waals surface area (Å²) in [6.45, 7) is 1.72. The van der Waals surface area contributed by atoms with Crippen LogP contribution in [0.5, 0.6) is 0 Å². The van der Waals surface area contributed by atoms with Gasteiger partial charge in [0.1, 0.15) is 5.82 Å². The number of amides is 1. The Morgan fingerprint density at radius 3 is 2.55 bits per heavy atom. The molecule has 0 aliphatic heterocycles. The first-order chi connectivity index (χ1) is 10.6. The number of benzene rings is 2. The van der Waals surface area contributed by atoms with E-state index >= 15 is 0 Å². The van der Waals surface area contributed by atoms with Crippen LogP contribution in [0.25, 0.3) is 6.08 Å². The summed E-state index contributed by atoms with van der Waals surface area (Å²) in [5.74, 6) is -0.600. The van der Waals surface area contributed by atoms with Crippen molar-refractivity contribution in [2.24, 2.45) is 5.10 Å². The number of hydrogen-bond acceptors (Lipinski definition) is 2. The Hall–Kier alpha value is -2.27. The molecular weight excluding hydrogens is 347 g/mol. The zero-order valence-electron chi connectivity index (χ0n) is 11.9. The highest BCUT2D eigenvalue weighted by atomic mass is 79.9. The van der Waals surface area contributed by atoms with Crippen LogP contribution in [0.2, 0.25) is 0 Å². The van der Waals surface area contributed by atoms with Gasteiger partial charge in [-0.05, 0) is 43.3 Å². The molecule has 5 heteroatoms. The van der Waals surface area contributed by atoms with Crippen molar-refractivity contribution >= 4 is 33.6 Å². The molecule has 0 spiro atoms. The fourth-order valence-corrected chi connectivity index (χ4v) is 1.93. The first-order valence-electron chi connectivity index (χ1n) is 6.59. The van der Waals surface area contributed by atoms with Gasteiger partial charge in [-0.2, -0.15) is 5.10 Å². The molecular formula is C17H14BrFN2O. The minimum atomic E-state index is -0.301. The molecule has 2 rings (SSSR count). The number of rotatable bonds is 4. The topological polar surface area (TPSA) is 41.5 Å². The maximum atomic E-state index is 13.4. The Kier molecular flexibility index (Phi) is 5.61. The molecule has 0 fully saturated rings. The number of halogens is 2. The summed E-state index contributed by atoms with van der Waals surface area (Å²) in [5.41, 5.74) is 4.00. The zero-order valence-corrected chi connectivity index (χ0v) is 13.5. The van der Waals surface area contributed by atoms with E-state index in [1.54, 1.807) is 61.5 Å². The smallest absolute Gasteiger partial charge is 0.267 e. The first kappa shape index (κ1) is 16.1. The molecule has 0 aliphatic carbocycles. The molecule has 0 saturated carbocycles. The lowest BCUT2D eigenvalue weighted by Gasteiger charge is -2.01. The van der Waals surface area contributed by atoms with E-state index < -0.39 is 0 Å². The maximum absolute atomic E-state index is 13.4. The van der Waals surface area contributed by atoms with Crippen LogP contribution in [0.15, 0.2) is 64.2 Å². The van der Waals surface area contributed by atoms with Crippen molar-refractivity contribution in [1.29, 1.82) is 0 Å². The number of allylic oxidation sites excluding steroid dienone is 1. The van der Waals surface area contributed by atoms with Crippen molar-refractivity contribution in [2.75, 3.05) is 0 Å². The minimum Gasteiger partial charge on any atom is -0.267 e. The lowest BCUT2D eigenvalue weighted by molar-refractivity contribution is 0.0955. The quantitative estimate of drug-likeness (QED) is 0.636. The second-order valence-corrected chi connectivity index (χ2v) is 5.47. The highest BCUT2D eigenvalue weighted by Crippen LogP contribution is 2.10. The molecule has 2 aromatic rings. The Morgan fingerprint density at radius 1 is 1.18 bits per heavy atom. The van der Waals surface area contributed by atoms with Gasteiger partial charge in [-0.25, -0.2) is 9.82 Å². The van der Waals surface area contributed by atoms with Crippen LogP contribution in [-0.4, -0.2) is 11.6 Å². The highest BCUT2D eigenvalue weighted by Gasteiger charge is 2.03. The molecule has 0 bridgehead atoms. The fourth-order valence-electron chi connectivity index (χ4n) is 1.66. The summed E-state index contributed by atoms with van der Waals surface area (Å²) in [4.78, 5) is 11.9. The van der Waals surface area contributed by atoms with Crippen molar-refractivity contribution in [3.05, 3.63) is 76.0 Å². The number of carbonyl (C=O) groups is 1. The zero-order chi connectivity index (χ0) is 15.9. The predicted molar refractivity (Wildman–Crippen MR) is 90.2 cm³/mol. The van der Waals surface area contributed by atoms with E-state index in [4.69, 9.17) is 0 Å². The molecule has 2 aromatic carbocycles. The molecule has 0 aromatic heterocycles. The van der Waals surface area contributed by atoms with Gasteiger partial charge in [-0.3, -0.25) is 4.79 Å². The second kappa shape index (κ2) is 7.66. The Morgan fingerprint density at radius 2 is 1.86 bits per heavy atom. The molecule has 112 valence electrons. The summed E-state index contributed by atoms with van der Waals surface area (Å²) in [5, 5.41) is 3.96. The molecule has 0 heterocycles. The normalized spacial score (nSPS) is 11.7. The molecule has 0 atom stereocenters.